The van der Waals surface area contributed by atoms with Crippen molar-refractivity contribution in [3.8, 4) is 0 Å². The number of nitrogens with zero attached hydrogens (tertiary/aromatic N) is 3. The molecule has 1 aliphatic heterocycles. The summed E-state index contributed by atoms with van der Waals surface area (Å²) in [5, 5.41) is 21.5. The molecule has 8 heteroatoms. The molecule has 3 rings (SSSR count). The number of nitro benzene ring substituents is 1. The van der Waals surface area contributed by atoms with E-state index >= 15 is 0 Å². The summed E-state index contributed by atoms with van der Waals surface area (Å²) in [7, 11) is 0. The molecule has 2 unspecified atom stereocenters. The largest absolute Gasteiger partial charge is 0.391 e. The Morgan fingerprint density at radius 1 is 1.50 bits per heavy atom. The molecule has 2 atom stereocenters. The molecule has 0 bridgehead atoms. The second kappa shape index (κ2) is 5.38. The number of aliphatic hydroxyl groups excluding tert-OH is 1. The number of benzene rings is 1. The molecule has 0 aliphatic carbocycles. The van der Waals surface area contributed by atoms with E-state index in [1.165, 1.54) is 12.4 Å². The minimum absolute atomic E-state index is 0.146. The molecule has 1 aromatic heterocycles. The Balaban J connectivity index is 2.13. The lowest BCUT2D eigenvalue weighted by atomic mass is 9.95. The summed E-state index contributed by atoms with van der Waals surface area (Å²) in [5.41, 5.74) is 0.235. The van der Waals surface area contributed by atoms with Gasteiger partial charge in [0.15, 0.2) is 0 Å². The van der Waals surface area contributed by atoms with Crippen molar-refractivity contribution in [2.24, 2.45) is 5.92 Å². The number of H-pyrrole nitrogens is 1. The molecule has 22 heavy (non-hydrogen) atoms. The molecule has 0 amide bonds. The Labute approximate surface area is 125 Å². The maximum Gasteiger partial charge on any atom is 0.293 e. The van der Waals surface area contributed by atoms with Crippen LogP contribution in [0.3, 0.4) is 0 Å². The zero-order valence-electron chi connectivity index (χ0n) is 12.0. The Morgan fingerprint density at radius 2 is 2.27 bits per heavy atom. The minimum atomic E-state index is -0.531. The smallest absolute Gasteiger partial charge is 0.293 e. The summed E-state index contributed by atoms with van der Waals surface area (Å²) < 4.78 is 0. The Morgan fingerprint density at radius 3 is 2.95 bits per heavy atom. The molecule has 1 saturated heterocycles. The van der Waals surface area contributed by atoms with Crippen LogP contribution in [-0.2, 0) is 0 Å². The molecule has 116 valence electrons. The lowest BCUT2D eigenvalue weighted by molar-refractivity contribution is -0.384. The number of aromatic nitrogens is 2. The van der Waals surface area contributed by atoms with E-state index in [0.717, 1.165) is 6.42 Å². The first-order valence-corrected chi connectivity index (χ1v) is 7.06. The predicted molar refractivity (Wildman–Crippen MR) is 81.0 cm³/mol. The number of hydrogen-bond donors (Lipinski definition) is 2. The molecule has 0 radical (unpaired) electrons. The number of β-amino-alcohol motifs (C(OH)–C–C–N with tert-alkyl or cyclic N) is 1. The normalized spacial score (nSPS) is 22.0. The Bertz CT molecular complexity index is 788. The van der Waals surface area contributed by atoms with Gasteiger partial charge in [0.1, 0.15) is 5.69 Å². The predicted octanol–water partition coefficient (Wildman–Crippen LogP) is 1.04. The summed E-state index contributed by atoms with van der Waals surface area (Å²) in [4.78, 5) is 30.9. The second-order valence-corrected chi connectivity index (χ2v) is 5.63. The van der Waals surface area contributed by atoms with Gasteiger partial charge in [-0.1, -0.05) is 6.92 Å². The molecular formula is C14H16N4O4. The van der Waals surface area contributed by atoms with Gasteiger partial charge in [-0.05, 0) is 18.4 Å². The van der Waals surface area contributed by atoms with Crippen LogP contribution in [0, 0.1) is 16.0 Å². The molecule has 0 spiro atoms. The highest BCUT2D eigenvalue weighted by Gasteiger charge is 2.29. The van der Waals surface area contributed by atoms with Gasteiger partial charge in [0.05, 0.1) is 28.3 Å². The van der Waals surface area contributed by atoms with Crippen molar-refractivity contribution in [2.45, 2.75) is 19.4 Å². The molecule has 0 saturated carbocycles. The first-order chi connectivity index (χ1) is 10.5. The van der Waals surface area contributed by atoms with Gasteiger partial charge in [-0.2, -0.15) is 0 Å². The number of rotatable bonds is 2. The van der Waals surface area contributed by atoms with Crippen molar-refractivity contribution in [1.82, 2.24) is 9.97 Å². The van der Waals surface area contributed by atoms with Crippen LogP contribution in [0.25, 0.3) is 10.9 Å². The van der Waals surface area contributed by atoms with E-state index in [9.17, 15) is 20.0 Å². The van der Waals surface area contributed by atoms with Gasteiger partial charge in [0.2, 0.25) is 0 Å². The Kier molecular flexibility index (Phi) is 3.53. The summed E-state index contributed by atoms with van der Waals surface area (Å²) in [6.07, 6.45) is 1.49. The monoisotopic (exact) mass is 304 g/mol. The summed E-state index contributed by atoms with van der Waals surface area (Å²) in [5.74, 6) is 0.164. The first-order valence-electron chi connectivity index (χ1n) is 7.06. The van der Waals surface area contributed by atoms with Crippen LogP contribution in [0.5, 0.6) is 0 Å². The number of fused-ring (bicyclic) bond motifs is 1. The number of aromatic amines is 1. The molecule has 2 aromatic rings. The van der Waals surface area contributed by atoms with Crippen molar-refractivity contribution in [3.05, 3.63) is 38.9 Å². The highest BCUT2D eigenvalue weighted by atomic mass is 16.6. The van der Waals surface area contributed by atoms with Crippen LogP contribution >= 0.6 is 0 Å². The number of nitro groups is 1. The third-order valence-electron chi connectivity index (χ3n) is 4.19. The topological polar surface area (TPSA) is 112 Å². The van der Waals surface area contributed by atoms with Crippen LogP contribution in [0.2, 0.25) is 0 Å². The molecule has 1 aromatic carbocycles. The van der Waals surface area contributed by atoms with Crippen molar-refractivity contribution in [1.29, 1.82) is 0 Å². The summed E-state index contributed by atoms with van der Waals surface area (Å²) in [6.45, 7) is 2.91. The summed E-state index contributed by atoms with van der Waals surface area (Å²) in [6, 6.07) is 2.80. The van der Waals surface area contributed by atoms with E-state index in [1.54, 1.807) is 11.0 Å². The maximum atomic E-state index is 11.8. The zero-order chi connectivity index (χ0) is 15.9. The van der Waals surface area contributed by atoms with Crippen LogP contribution < -0.4 is 10.5 Å². The first kappa shape index (κ1) is 14.5. The van der Waals surface area contributed by atoms with Crippen LogP contribution in [-0.4, -0.2) is 39.2 Å². The fourth-order valence-corrected chi connectivity index (χ4v) is 2.76. The average molecular weight is 304 g/mol. The van der Waals surface area contributed by atoms with Gasteiger partial charge in [-0.25, -0.2) is 4.98 Å². The van der Waals surface area contributed by atoms with Crippen LogP contribution in [0.15, 0.2) is 23.3 Å². The minimum Gasteiger partial charge on any atom is -0.391 e. The van der Waals surface area contributed by atoms with Crippen molar-refractivity contribution in [3.63, 3.8) is 0 Å². The third kappa shape index (κ3) is 2.41. The number of hydrogen-bond acceptors (Lipinski definition) is 6. The van der Waals surface area contributed by atoms with E-state index in [0.29, 0.717) is 24.3 Å². The van der Waals surface area contributed by atoms with Gasteiger partial charge >= 0.3 is 0 Å². The Hall–Kier alpha value is -2.48. The highest BCUT2D eigenvalue weighted by Crippen LogP contribution is 2.33. The molecular weight excluding hydrogens is 288 g/mol. The van der Waals surface area contributed by atoms with Crippen molar-refractivity contribution < 1.29 is 10.0 Å². The van der Waals surface area contributed by atoms with E-state index in [4.69, 9.17) is 0 Å². The number of anilines is 1. The van der Waals surface area contributed by atoms with E-state index in [-0.39, 0.29) is 17.0 Å². The molecule has 2 heterocycles. The van der Waals surface area contributed by atoms with Crippen molar-refractivity contribution >= 4 is 22.3 Å². The standard InChI is InChI=1S/C14H16N4O4/c1-8-2-3-17(6-13(8)19)11-5-10-9(4-12(11)18(21)22)14(20)16-7-15-10/h4-5,7-8,13,19H,2-3,6H2,1H3,(H,15,16,20). The highest BCUT2D eigenvalue weighted by molar-refractivity contribution is 5.87. The number of nitrogens with one attached hydrogen (secondary N) is 1. The second-order valence-electron chi connectivity index (χ2n) is 5.63. The average Bonchev–Trinajstić information content (AvgIpc) is 2.49. The van der Waals surface area contributed by atoms with Gasteiger partial charge in [0.25, 0.3) is 11.2 Å². The summed E-state index contributed by atoms with van der Waals surface area (Å²) >= 11 is 0. The molecule has 1 fully saturated rings. The van der Waals surface area contributed by atoms with E-state index in [1.807, 2.05) is 6.92 Å². The van der Waals surface area contributed by atoms with Crippen LogP contribution in [0.4, 0.5) is 11.4 Å². The lowest BCUT2D eigenvalue weighted by Crippen LogP contribution is -2.43. The van der Waals surface area contributed by atoms with Gasteiger partial charge in [-0.3, -0.25) is 14.9 Å². The van der Waals surface area contributed by atoms with Gasteiger partial charge < -0.3 is 15.0 Å². The molecule has 1 aliphatic rings. The third-order valence-corrected chi connectivity index (χ3v) is 4.19. The maximum absolute atomic E-state index is 11.8. The SMILES string of the molecule is CC1CCN(c2cc3nc[nH]c(=O)c3cc2[N+](=O)[O-])CC1O. The van der Waals surface area contributed by atoms with Gasteiger partial charge in [-0.15, -0.1) is 0 Å². The zero-order valence-corrected chi connectivity index (χ0v) is 12.0. The molecule has 8 nitrogen and oxygen atoms in total. The molecule has 2 N–H and O–H groups in total. The van der Waals surface area contributed by atoms with E-state index < -0.39 is 16.6 Å². The fraction of sp³-hybridized carbons (Fsp3) is 0.429. The lowest BCUT2D eigenvalue weighted by Gasteiger charge is -2.35. The van der Waals surface area contributed by atoms with Crippen molar-refractivity contribution in [2.75, 3.05) is 18.0 Å². The fourth-order valence-electron chi connectivity index (χ4n) is 2.76. The van der Waals surface area contributed by atoms with Gasteiger partial charge in [0, 0.05) is 19.2 Å². The van der Waals surface area contributed by atoms with E-state index in [2.05, 4.69) is 9.97 Å². The quantitative estimate of drug-likeness (QED) is 0.633. The number of piperidine rings is 1. The van der Waals surface area contributed by atoms with Crippen LogP contribution in [0.1, 0.15) is 13.3 Å². The number of aliphatic hydroxyl groups is 1.